The van der Waals surface area contributed by atoms with E-state index in [1.807, 2.05) is 13.8 Å². The Morgan fingerprint density at radius 2 is 1.77 bits per heavy atom. The first-order valence-electron chi connectivity index (χ1n) is 8.35. The molecule has 0 amide bonds. The molecule has 1 unspecified atom stereocenters. The van der Waals surface area contributed by atoms with Gasteiger partial charge in [-0.25, -0.2) is 12.8 Å². The van der Waals surface area contributed by atoms with Crippen molar-refractivity contribution < 1.29 is 22.3 Å². The summed E-state index contributed by atoms with van der Waals surface area (Å²) in [6, 6.07) is 9.20. The van der Waals surface area contributed by atoms with Gasteiger partial charge in [0.25, 0.3) is 0 Å². The van der Waals surface area contributed by atoms with Crippen LogP contribution >= 0.6 is 0 Å². The number of ether oxygens (including phenoxy) is 2. The van der Waals surface area contributed by atoms with Gasteiger partial charge >= 0.3 is 0 Å². The first-order valence-corrected chi connectivity index (χ1v) is 9.79. The van der Waals surface area contributed by atoms with Crippen molar-refractivity contribution in [1.82, 2.24) is 4.31 Å². The van der Waals surface area contributed by atoms with Crippen LogP contribution in [-0.4, -0.2) is 39.5 Å². The van der Waals surface area contributed by atoms with Gasteiger partial charge in [-0.05, 0) is 54.8 Å². The highest BCUT2D eigenvalue weighted by Crippen LogP contribution is 2.30. The van der Waals surface area contributed by atoms with Crippen LogP contribution in [0.15, 0.2) is 41.3 Å². The zero-order valence-electron chi connectivity index (χ0n) is 15.0. The molecule has 1 fully saturated rings. The monoisotopic (exact) mass is 379 g/mol. The van der Waals surface area contributed by atoms with Gasteiger partial charge in [-0.2, -0.15) is 4.31 Å². The number of morpholine rings is 1. The summed E-state index contributed by atoms with van der Waals surface area (Å²) in [7, 11) is -2.09. The van der Waals surface area contributed by atoms with Gasteiger partial charge in [0.15, 0.2) is 0 Å². The number of methoxy groups -OCH3 is 1. The van der Waals surface area contributed by atoms with Gasteiger partial charge in [0.05, 0.1) is 24.7 Å². The average molecular weight is 379 g/mol. The first kappa shape index (κ1) is 18.8. The second-order valence-corrected chi connectivity index (χ2v) is 8.30. The van der Waals surface area contributed by atoms with Crippen LogP contribution in [0.3, 0.4) is 0 Å². The van der Waals surface area contributed by atoms with E-state index in [1.54, 1.807) is 31.4 Å². The van der Waals surface area contributed by atoms with Crippen LogP contribution in [0.2, 0.25) is 0 Å². The van der Waals surface area contributed by atoms with Crippen LogP contribution in [0.4, 0.5) is 4.39 Å². The minimum atomic E-state index is -3.66. The van der Waals surface area contributed by atoms with Gasteiger partial charge in [-0.1, -0.05) is 12.1 Å². The van der Waals surface area contributed by atoms with Crippen molar-refractivity contribution in [3.05, 3.63) is 58.9 Å². The third-order valence-electron chi connectivity index (χ3n) is 4.55. The fourth-order valence-electron chi connectivity index (χ4n) is 3.25. The summed E-state index contributed by atoms with van der Waals surface area (Å²) in [5.41, 5.74) is 2.30. The number of nitrogens with zero attached hydrogens (tertiary/aromatic N) is 1. The Balaban J connectivity index is 1.88. The zero-order valence-corrected chi connectivity index (χ0v) is 15.8. The van der Waals surface area contributed by atoms with Gasteiger partial charge in [-0.15, -0.1) is 0 Å². The standard InChI is InChI=1S/C19H22FNO4S/c1-13-10-17(11-14(2)19(13)24-3)26(22,23)21-8-9-25-18(12-21)15-4-6-16(20)7-5-15/h4-7,10-11,18H,8-9,12H2,1-3H3. The van der Waals surface area contributed by atoms with Crippen LogP contribution in [-0.2, 0) is 14.8 Å². The molecule has 1 saturated heterocycles. The molecule has 1 heterocycles. The number of hydrogen-bond acceptors (Lipinski definition) is 4. The van der Waals surface area contributed by atoms with Crippen LogP contribution < -0.4 is 4.74 Å². The van der Waals surface area contributed by atoms with Gasteiger partial charge in [0, 0.05) is 13.1 Å². The lowest BCUT2D eigenvalue weighted by atomic mass is 10.1. The van der Waals surface area contributed by atoms with Gasteiger partial charge in [0.2, 0.25) is 10.0 Å². The average Bonchev–Trinajstić information content (AvgIpc) is 2.62. The highest BCUT2D eigenvalue weighted by molar-refractivity contribution is 7.89. The predicted octanol–water partition coefficient (Wildman–Crippen LogP) is 3.21. The molecule has 0 aromatic heterocycles. The molecule has 26 heavy (non-hydrogen) atoms. The number of halogens is 1. The molecule has 0 radical (unpaired) electrons. The summed E-state index contributed by atoms with van der Waals surface area (Å²) in [4.78, 5) is 0.244. The summed E-state index contributed by atoms with van der Waals surface area (Å²) in [5, 5.41) is 0. The molecular weight excluding hydrogens is 357 g/mol. The Kier molecular flexibility index (Phi) is 5.32. The van der Waals surface area contributed by atoms with Gasteiger partial charge in [-0.3, -0.25) is 0 Å². The molecule has 5 nitrogen and oxygen atoms in total. The van der Waals surface area contributed by atoms with Crippen molar-refractivity contribution >= 4 is 10.0 Å². The zero-order chi connectivity index (χ0) is 18.9. The maximum absolute atomic E-state index is 13.1. The summed E-state index contributed by atoms with van der Waals surface area (Å²) in [6.45, 7) is 4.41. The van der Waals surface area contributed by atoms with Crippen molar-refractivity contribution in [3.63, 3.8) is 0 Å². The molecule has 1 atom stereocenters. The van der Waals surface area contributed by atoms with E-state index in [2.05, 4.69) is 0 Å². The highest BCUT2D eigenvalue weighted by Gasteiger charge is 2.32. The van der Waals surface area contributed by atoms with E-state index in [0.717, 1.165) is 16.7 Å². The Labute approximate surface area is 153 Å². The molecule has 0 aliphatic carbocycles. The number of aryl methyl sites for hydroxylation is 2. The maximum atomic E-state index is 13.1. The largest absolute Gasteiger partial charge is 0.496 e. The summed E-state index contributed by atoms with van der Waals surface area (Å²) >= 11 is 0. The number of rotatable bonds is 4. The van der Waals surface area contributed by atoms with E-state index in [-0.39, 0.29) is 30.4 Å². The minimum Gasteiger partial charge on any atom is -0.496 e. The molecule has 1 aliphatic heterocycles. The normalized spacial score (nSPS) is 18.7. The van der Waals surface area contributed by atoms with Crippen LogP contribution in [0.25, 0.3) is 0 Å². The van der Waals surface area contributed by atoms with E-state index >= 15 is 0 Å². The van der Waals surface area contributed by atoms with E-state index in [1.165, 1.54) is 16.4 Å². The van der Waals surface area contributed by atoms with E-state index in [9.17, 15) is 12.8 Å². The summed E-state index contributed by atoms with van der Waals surface area (Å²) in [5.74, 6) is 0.355. The third kappa shape index (κ3) is 3.60. The molecule has 1 aliphatic rings. The summed E-state index contributed by atoms with van der Waals surface area (Å²) < 4.78 is 51.7. The Bertz CT molecular complexity index is 873. The number of sulfonamides is 1. The van der Waals surface area contributed by atoms with Crippen molar-refractivity contribution in [2.75, 3.05) is 26.8 Å². The number of benzene rings is 2. The van der Waals surface area contributed by atoms with Crippen LogP contribution in [0, 0.1) is 19.7 Å². The van der Waals surface area contributed by atoms with E-state index in [0.29, 0.717) is 5.75 Å². The molecule has 0 bridgehead atoms. The van der Waals surface area contributed by atoms with Gasteiger partial charge in [0.1, 0.15) is 11.6 Å². The molecule has 0 N–H and O–H groups in total. The highest BCUT2D eigenvalue weighted by atomic mass is 32.2. The lowest BCUT2D eigenvalue weighted by Gasteiger charge is -2.32. The topological polar surface area (TPSA) is 55.8 Å². The second kappa shape index (κ2) is 7.34. The Morgan fingerprint density at radius 1 is 1.15 bits per heavy atom. The molecule has 0 saturated carbocycles. The Hall–Kier alpha value is -1.96. The van der Waals surface area contributed by atoms with Crippen molar-refractivity contribution in [2.45, 2.75) is 24.8 Å². The minimum absolute atomic E-state index is 0.193. The Morgan fingerprint density at radius 3 is 2.35 bits per heavy atom. The van der Waals surface area contributed by atoms with Crippen LogP contribution in [0.1, 0.15) is 22.8 Å². The fraction of sp³-hybridized carbons (Fsp3) is 0.368. The number of hydrogen-bond donors (Lipinski definition) is 0. The fourth-order valence-corrected chi connectivity index (χ4v) is 4.85. The molecule has 2 aromatic carbocycles. The van der Waals surface area contributed by atoms with Crippen LogP contribution in [0.5, 0.6) is 5.75 Å². The second-order valence-electron chi connectivity index (χ2n) is 6.36. The smallest absolute Gasteiger partial charge is 0.243 e. The molecule has 0 spiro atoms. The molecule has 7 heteroatoms. The predicted molar refractivity (Wildman–Crippen MR) is 96.3 cm³/mol. The summed E-state index contributed by atoms with van der Waals surface area (Å²) in [6.07, 6.45) is -0.417. The first-order chi connectivity index (χ1) is 12.3. The van der Waals surface area contributed by atoms with Crippen molar-refractivity contribution in [3.8, 4) is 5.75 Å². The lowest BCUT2D eigenvalue weighted by molar-refractivity contribution is -0.00258. The lowest BCUT2D eigenvalue weighted by Crippen LogP contribution is -2.42. The van der Waals surface area contributed by atoms with Crippen molar-refractivity contribution in [2.24, 2.45) is 0 Å². The van der Waals surface area contributed by atoms with Crippen molar-refractivity contribution in [1.29, 1.82) is 0 Å². The third-order valence-corrected chi connectivity index (χ3v) is 6.39. The quantitative estimate of drug-likeness (QED) is 0.819. The molecule has 140 valence electrons. The molecule has 2 aromatic rings. The SMILES string of the molecule is COc1c(C)cc(S(=O)(=O)N2CCOC(c3ccc(F)cc3)C2)cc1C. The maximum Gasteiger partial charge on any atom is 0.243 e. The van der Waals surface area contributed by atoms with Gasteiger partial charge < -0.3 is 9.47 Å². The van der Waals surface area contributed by atoms with E-state index in [4.69, 9.17) is 9.47 Å². The molecule has 3 rings (SSSR count). The van der Waals surface area contributed by atoms with E-state index < -0.39 is 16.1 Å². The molecular formula is C19H22FNO4S.